The van der Waals surface area contributed by atoms with Crippen molar-refractivity contribution < 1.29 is 0 Å². The van der Waals surface area contributed by atoms with Gasteiger partial charge in [0.15, 0.2) is 0 Å². The lowest BCUT2D eigenvalue weighted by atomic mass is 9.88. The van der Waals surface area contributed by atoms with Gasteiger partial charge in [-0.15, -0.1) is 0 Å². The second kappa shape index (κ2) is 16.6. The van der Waals surface area contributed by atoms with Crippen LogP contribution in [0.15, 0.2) is 226 Å². The Hall–Kier alpha value is -9.60. The van der Waals surface area contributed by atoms with Crippen LogP contribution in [0.1, 0.15) is 5.56 Å². The molecule has 0 aliphatic carbocycles. The highest BCUT2D eigenvalue weighted by atomic mass is 15.0. The largest absolute Gasteiger partial charge is 0.340 e. The molecule has 0 N–H and O–H groups in total. The zero-order valence-electron chi connectivity index (χ0n) is 38.3. The van der Waals surface area contributed by atoms with Crippen LogP contribution in [0.3, 0.4) is 0 Å². The molecule has 334 valence electrons. The van der Waals surface area contributed by atoms with Crippen LogP contribution in [0.4, 0.5) is 0 Å². The molecule has 0 aliphatic rings. The van der Waals surface area contributed by atoms with Gasteiger partial charge in [-0.3, -0.25) is 0 Å². The Labute approximate surface area is 407 Å². The molecule has 0 spiro atoms. The lowest BCUT2D eigenvalue weighted by molar-refractivity contribution is 0.739. The standard InChI is InChI=1S/C62H41N9/c1-7-19-54-42(13-1)43-14-2-8-20-55(43)69(54)32-28-48-60(70-56-21-9-3-15-44(56)45-16-4-10-22-57(45)70)35-41(36-61(48)71-58-23-11-5-17-46(58)47-18-6-12-24-59(47)71)40-33-49(51-25-29-63-37-66-51)62(53-27-31-65-39-68-53)50(34-40)52-26-30-64-38-67-52/h1-27,29-31,33-39H,28,32H2. The Morgan fingerprint density at radius 1 is 0.338 bits per heavy atom. The average Bonchev–Trinajstić information content (AvgIpc) is 4.08. The Kier molecular flexibility index (Phi) is 9.45. The smallest absolute Gasteiger partial charge is 0.116 e. The molecule has 8 aromatic carbocycles. The number of hydrogen-bond acceptors (Lipinski definition) is 6. The summed E-state index contributed by atoms with van der Waals surface area (Å²) in [5.41, 5.74) is 17.4. The first kappa shape index (κ1) is 40.5. The van der Waals surface area contributed by atoms with E-state index in [0.717, 1.165) is 91.3 Å². The van der Waals surface area contributed by atoms with E-state index in [1.54, 1.807) is 37.6 Å². The SMILES string of the molecule is c1ccc2c(c1)c1ccccc1n2CCc1c(-n2c3ccccc3c3ccccc32)cc(-c2cc(-c3ccncn3)c(-c3ccncn3)c(-c3ccncn3)c2)cc1-n1c2ccccc2c2ccccc21. The maximum absolute atomic E-state index is 4.87. The summed E-state index contributed by atoms with van der Waals surface area (Å²) in [5, 5.41) is 7.32. The van der Waals surface area contributed by atoms with Crippen LogP contribution in [0.2, 0.25) is 0 Å². The molecule has 0 saturated heterocycles. The Morgan fingerprint density at radius 2 is 0.676 bits per heavy atom. The molecule has 14 rings (SSSR count). The van der Waals surface area contributed by atoms with E-state index < -0.39 is 0 Å². The van der Waals surface area contributed by atoms with E-state index in [4.69, 9.17) is 15.0 Å². The van der Waals surface area contributed by atoms with Gasteiger partial charge in [0.25, 0.3) is 0 Å². The number of fused-ring (bicyclic) bond motifs is 9. The predicted octanol–water partition coefficient (Wildman–Crippen LogP) is 14.3. The number of para-hydroxylation sites is 6. The minimum atomic E-state index is 0.723. The van der Waals surface area contributed by atoms with Crippen molar-refractivity contribution in [1.29, 1.82) is 0 Å². The quantitative estimate of drug-likeness (QED) is 0.143. The zero-order valence-corrected chi connectivity index (χ0v) is 38.3. The van der Waals surface area contributed by atoms with Crippen molar-refractivity contribution in [3.63, 3.8) is 0 Å². The van der Waals surface area contributed by atoms with Crippen molar-refractivity contribution in [2.75, 3.05) is 0 Å². The fraction of sp³-hybridized carbons (Fsp3) is 0.0323. The second-order valence-corrected chi connectivity index (χ2v) is 17.9. The number of nitrogens with zero attached hydrogens (tertiary/aromatic N) is 9. The first-order valence-electron chi connectivity index (χ1n) is 23.8. The Balaban J connectivity index is 1.13. The van der Waals surface area contributed by atoms with Gasteiger partial charge in [-0.05, 0) is 96.4 Å². The summed E-state index contributed by atoms with van der Waals surface area (Å²) >= 11 is 0. The van der Waals surface area contributed by atoms with Gasteiger partial charge < -0.3 is 13.7 Å². The molecule has 0 aliphatic heterocycles. The summed E-state index contributed by atoms with van der Waals surface area (Å²) in [4.78, 5) is 27.5. The van der Waals surface area contributed by atoms with E-state index in [9.17, 15) is 0 Å². The van der Waals surface area contributed by atoms with Gasteiger partial charge in [-0.25, -0.2) is 29.9 Å². The van der Waals surface area contributed by atoms with Crippen LogP contribution in [0, 0.1) is 0 Å². The molecule has 0 radical (unpaired) electrons. The lowest BCUT2D eigenvalue weighted by Gasteiger charge is -2.23. The highest BCUT2D eigenvalue weighted by molar-refractivity contribution is 6.12. The molecule has 9 nitrogen and oxygen atoms in total. The number of rotatable bonds is 9. The number of aryl methyl sites for hydroxylation is 1. The van der Waals surface area contributed by atoms with Crippen LogP contribution in [0.25, 0.3) is 122 Å². The number of benzene rings is 8. The van der Waals surface area contributed by atoms with Gasteiger partial charge in [0.1, 0.15) is 19.0 Å². The molecule has 0 atom stereocenters. The molecule has 6 heterocycles. The topological polar surface area (TPSA) is 92.1 Å². The molecule has 0 bridgehead atoms. The Bertz CT molecular complexity index is 3990. The van der Waals surface area contributed by atoms with Gasteiger partial charge in [-0.1, -0.05) is 109 Å². The molecule has 71 heavy (non-hydrogen) atoms. The molecule has 0 fully saturated rings. The molecule has 0 amide bonds. The molecule has 14 aromatic rings. The monoisotopic (exact) mass is 911 g/mol. The summed E-state index contributed by atoms with van der Waals surface area (Å²) in [6, 6.07) is 68.0. The first-order chi connectivity index (χ1) is 35.3. The van der Waals surface area contributed by atoms with E-state index in [-0.39, 0.29) is 0 Å². The van der Waals surface area contributed by atoms with Crippen LogP contribution in [-0.2, 0) is 13.0 Å². The highest BCUT2D eigenvalue weighted by Gasteiger charge is 2.25. The van der Waals surface area contributed by atoms with Crippen molar-refractivity contribution in [2.24, 2.45) is 0 Å². The van der Waals surface area contributed by atoms with E-state index in [1.807, 2.05) is 18.2 Å². The van der Waals surface area contributed by atoms with Gasteiger partial charge in [0.2, 0.25) is 0 Å². The van der Waals surface area contributed by atoms with Gasteiger partial charge in [0.05, 0.1) is 50.5 Å². The van der Waals surface area contributed by atoms with Crippen molar-refractivity contribution in [1.82, 2.24) is 43.6 Å². The van der Waals surface area contributed by atoms with E-state index in [2.05, 4.69) is 199 Å². The van der Waals surface area contributed by atoms with Gasteiger partial charge in [-0.2, -0.15) is 0 Å². The maximum Gasteiger partial charge on any atom is 0.116 e. The summed E-state index contributed by atoms with van der Waals surface area (Å²) in [6.07, 6.45) is 10.9. The third kappa shape index (κ3) is 6.55. The van der Waals surface area contributed by atoms with Gasteiger partial charge >= 0.3 is 0 Å². The third-order valence-electron chi connectivity index (χ3n) is 14.1. The van der Waals surface area contributed by atoms with Crippen molar-refractivity contribution in [2.45, 2.75) is 13.0 Å². The van der Waals surface area contributed by atoms with Crippen LogP contribution >= 0.6 is 0 Å². The fourth-order valence-electron chi connectivity index (χ4n) is 11.1. The fourth-order valence-corrected chi connectivity index (χ4v) is 11.1. The van der Waals surface area contributed by atoms with E-state index >= 15 is 0 Å². The summed E-state index contributed by atoms with van der Waals surface area (Å²) < 4.78 is 7.51. The van der Waals surface area contributed by atoms with E-state index in [0.29, 0.717) is 0 Å². The zero-order chi connectivity index (χ0) is 46.8. The molecule has 0 unspecified atom stereocenters. The maximum atomic E-state index is 4.87. The number of aromatic nitrogens is 9. The minimum Gasteiger partial charge on any atom is -0.340 e. The minimum absolute atomic E-state index is 0.723. The highest BCUT2D eigenvalue weighted by Crippen LogP contribution is 2.45. The summed E-state index contributed by atoms with van der Waals surface area (Å²) in [5.74, 6) is 0. The third-order valence-corrected chi connectivity index (χ3v) is 14.1. The number of hydrogen-bond donors (Lipinski definition) is 0. The van der Waals surface area contributed by atoms with Crippen LogP contribution < -0.4 is 0 Å². The molecular formula is C62H41N9. The molecule has 0 saturated carbocycles. The predicted molar refractivity (Wildman–Crippen MR) is 287 cm³/mol. The van der Waals surface area contributed by atoms with Crippen molar-refractivity contribution >= 4 is 65.4 Å². The average molecular weight is 912 g/mol. The van der Waals surface area contributed by atoms with Crippen LogP contribution in [0.5, 0.6) is 0 Å². The molecular weight excluding hydrogens is 871 g/mol. The second-order valence-electron chi connectivity index (χ2n) is 17.9. The molecule has 6 aromatic heterocycles. The normalized spacial score (nSPS) is 11.8. The summed E-state index contributed by atoms with van der Waals surface area (Å²) in [6.45, 7) is 0.741. The van der Waals surface area contributed by atoms with Crippen LogP contribution in [-0.4, -0.2) is 43.6 Å². The lowest BCUT2D eigenvalue weighted by Crippen LogP contribution is -2.11. The first-order valence-corrected chi connectivity index (χ1v) is 23.8. The van der Waals surface area contributed by atoms with E-state index in [1.165, 1.54) is 48.9 Å². The summed E-state index contributed by atoms with van der Waals surface area (Å²) in [7, 11) is 0. The van der Waals surface area contributed by atoms with Gasteiger partial charge in [0, 0.05) is 90.7 Å². The molecule has 9 heteroatoms. The Morgan fingerprint density at radius 3 is 1.06 bits per heavy atom. The van der Waals surface area contributed by atoms with Crippen molar-refractivity contribution in [3.05, 3.63) is 231 Å². The van der Waals surface area contributed by atoms with Crippen molar-refractivity contribution in [3.8, 4) is 56.3 Å².